The lowest BCUT2D eigenvalue weighted by molar-refractivity contribution is 0.167. The number of pyridine rings is 1. The average Bonchev–Trinajstić information content (AvgIpc) is 2.30. The van der Waals surface area contributed by atoms with Crippen molar-refractivity contribution in [3.05, 3.63) is 22.4 Å². The van der Waals surface area contributed by atoms with Gasteiger partial charge in [0.2, 0.25) is 10.0 Å². The molecule has 0 saturated carbocycles. The van der Waals surface area contributed by atoms with Crippen LogP contribution in [0.15, 0.2) is 17.2 Å². The van der Waals surface area contributed by atoms with Crippen LogP contribution in [-0.4, -0.2) is 31.2 Å². The molecule has 0 spiro atoms. The minimum atomic E-state index is -3.73. The van der Waals surface area contributed by atoms with Crippen molar-refractivity contribution in [2.45, 2.75) is 30.8 Å². The van der Waals surface area contributed by atoms with E-state index < -0.39 is 16.1 Å². The van der Waals surface area contributed by atoms with Crippen molar-refractivity contribution in [3.8, 4) is 0 Å². The Hall–Kier alpha value is -0.400. The second-order valence-electron chi connectivity index (χ2n) is 3.74. The van der Waals surface area contributed by atoms with Gasteiger partial charge in [0.05, 0.1) is 11.1 Å². The Kier molecular flexibility index (Phi) is 5.81. The van der Waals surface area contributed by atoms with Crippen LogP contribution in [0.2, 0.25) is 10.2 Å². The molecule has 5 nitrogen and oxygen atoms in total. The summed E-state index contributed by atoms with van der Waals surface area (Å²) in [7, 11) is -3.73. The Labute approximate surface area is 116 Å². The number of sulfonamides is 1. The first-order valence-corrected chi connectivity index (χ1v) is 7.59. The SMILES string of the molecule is CCCC(O)CNS(=O)(=O)c1cnc(Cl)c(Cl)c1. The molecule has 1 unspecified atom stereocenters. The molecule has 18 heavy (non-hydrogen) atoms. The molecule has 0 aliphatic rings. The predicted molar refractivity (Wildman–Crippen MR) is 70.4 cm³/mol. The Morgan fingerprint density at radius 1 is 1.50 bits per heavy atom. The monoisotopic (exact) mass is 312 g/mol. The summed E-state index contributed by atoms with van der Waals surface area (Å²) in [6.45, 7) is 1.86. The van der Waals surface area contributed by atoms with E-state index in [2.05, 4.69) is 9.71 Å². The normalized spacial score (nSPS) is 13.6. The van der Waals surface area contributed by atoms with E-state index in [-0.39, 0.29) is 21.6 Å². The van der Waals surface area contributed by atoms with Crippen LogP contribution in [0.3, 0.4) is 0 Å². The predicted octanol–water partition coefficient (Wildman–Crippen LogP) is 1.83. The maximum Gasteiger partial charge on any atom is 0.242 e. The molecular weight excluding hydrogens is 299 g/mol. The third kappa shape index (κ3) is 4.37. The van der Waals surface area contributed by atoms with Crippen LogP contribution in [-0.2, 0) is 10.0 Å². The number of nitrogens with one attached hydrogen (secondary N) is 1. The third-order valence-corrected chi connectivity index (χ3v) is 4.29. The van der Waals surface area contributed by atoms with E-state index in [1.807, 2.05) is 6.92 Å². The lowest BCUT2D eigenvalue weighted by Crippen LogP contribution is -2.32. The zero-order chi connectivity index (χ0) is 13.8. The molecule has 0 aliphatic heterocycles. The van der Waals surface area contributed by atoms with Crippen LogP contribution in [0.1, 0.15) is 19.8 Å². The van der Waals surface area contributed by atoms with Crippen LogP contribution in [0.5, 0.6) is 0 Å². The van der Waals surface area contributed by atoms with Gasteiger partial charge in [-0.1, -0.05) is 36.5 Å². The van der Waals surface area contributed by atoms with Gasteiger partial charge in [0.15, 0.2) is 0 Å². The molecule has 0 aromatic carbocycles. The third-order valence-electron chi connectivity index (χ3n) is 2.21. The van der Waals surface area contributed by atoms with Gasteiger partial charge in [0.1, 0.15) is 10.0 Å². The van der Waals surface area contributed by atoms with Gasteiger partial charge < -0.3 is 5.11 Å². The number of aromatic nitrogens is 1. The first kappa shape index (κ1) is 15.7. The van der Waals surface area contributed by atoms with E-state index in [0.29, 0.717) is 6.42 Å². The number of halogens is 2. The number of hydrogen-bond donors (Lipinski definition) is 2. The summed E-state index contributed by atoms with van der Waals surface area (Å²) >= 11 is 11.3. The van der Waals surface area contributed by atoms with Crippen molar-refractivity contribution in [2.24, 2.45) is 0 Å². The highest BCUT2D eigenvalue weighted by atomic mass is 35.5. The average molecular weight is 313 g/mol. The summed E-state index contributed by atoms with van der Waals surface area (Å²) < 4.78 is 26.0. The minimum Gasteiger partial charge on any atom is -0.392 e. The fourth-order valence-corrected chi connectivity index (χ4v) is 2.65. The Bertz CT molecular complexity index is 508. The van der Waals surface area contributed by atoms with Crippen molar-refractivity contribution in [1.82, 2.24) is 9.71 Å². The maximum absolute atomic E-state index is 11.8. The molecule has 1 heterocycles. The first-order valence-electron chi connectivity index (χ1n) is 5.35. The highest BCUT2D eigenvalue weighted by molar-refractivity contribution is 7.89. The van der Waals surface area contributed by atoms with Crippen LogP contribution in [0.25, 0.3) is 0 Å². The molecule has 2 N–H and O–H groups in total. The molecule has 0 radical (unpaired) electrons. The van der Waals surface area contributed by atoms with Crippen molar-refractivity contribution >= 4 is 33.2 Å². The molecule has 0 bridgehead atoms. The van der Waals surface area contributed by atoms with E-state index >= 15 is 0 Å². The smallest absolute Gasteiger partial charge is 0.242 e. The highest BCUT2D eigenvalue weighted by Crippen LogP contribution is 2.21. The maximum atomic E-state index is 11.8. The van der Waals surface area contributed by atoms with E-state index in [0.717, 1.165) is 12.6 Å². The Balaban J connectivity index is 2.77. The summed E-state index contributed by atoms with van der Waals surface area (Å²) in [5.74, 6) is 0. The number of aliphatic hydroxyl groups is 1. The molecule has 1 aromatic heterocycles. The minimum absolute atomic E-state index is 0.0432. The van der Waals surface area contributed by atoms with Crippen molar-refractivity contribution in [1.29, 1.82) is 0 Å². The fourth-order valence-electron chi connectivity index (χ4n) is 1.28. The van der Waals surface area contributed by atoms with Crippen molar-refractivity contribution < 1.29 is 13.5 Å². The standard InChI is InChI=1S/C10H14Cl2N2O3S/c1-2-3-7(15)5-14-18(16,17)8-4-9(11)10(12)13-6-8/h4,6-7,14-15H,2-3,5H2,1H3. The van der Waals surface area contributed by atoms with Gasteiger partial charge in [0.25, 0.3) is 0 Å². The van der Waals surface area contributed by atoms with Crippen LogP contribution in [0, 0.1) is 0 Å². The van der Waals surface area contributed by atoms with E-state index in [1.165, 1.54) is 6.07 Å². The lowest BCUT2D eigenvalue weighted by atomic mass is 10.2. The van der Waals surface area contributed by atoms with Gasteiger partial charge in [-0.15, -0.1) is 0 Å². The second kappa shape index (κ2) is 6.68. The molecule has 0 saturated heterocycles. The second-order valence-corrected chi connectivity index (χ2v) is 6.27. The summed E-state index contributed by atoms with van der Waals surface area (Å²) in [5.41, 5.74) is 0. The number of nitrogens with zero attached hydrogens (tertiary/aromatic N) is 1. The summed E-state index contributed by atoms with van der Waals surface area (Å²) in [6, 6.07) is 1.21. The van der Waals surface area contributed by atoms with Crippen LogP contribution in [0.4, 0.5) is 0 Å². The molecule has 0 aliphatic carbocycles. The van der Waals surface area contributed by atoms with Gasteiger partial charge in [-0.05, 0) is 12.5 Å². The van der Waals surface area contributed by atoms with Gasteiger partial charge in [-0.3, -0.25) is 0 Å². The molecule has 0 fully saturated rings. The molecule has 102 valence electrons. The first-order chi connectivity index (χ1) is 8.36. The number of hydrogen-bond acceptors (Lipinski definition) is 4. The van der Waals surface area contributed by atoms with Crippen molar-refractivity contribution in [2.75, 3.05) is 6.54 Å². The molecular formula is C10H14Cl2N2O3S. The van der Waals surface area contributed by atoms with E-state index in [9.17, 15) is 13.5 Å². The molecule has 0 amide bonds. The van der Waals surface area contributed by atoms with Crippen LogP contribution >= 0.6 is 23.2 Å². The number of aliphatic hydroxyl groups excluding tert-OH is 1. The van der Waals surface area contributed by atoms with Crippen LogP contribution < -0.4 is 4.72 Å². The van der Waals surface area contributed by atoms with Crippen molar-refractivity contribution in [3.63, 3.8) is 0 Å². The quantitative estimate of drug-likeness (QED) is 0.785. The molecule has 8 heteroatoms. The topological polar surface area (TPSA) is 79.3 Å². The van der Waals surface area contributed by atoms with Gasteiger partial charge in [0, 0.05) is 12.7 Å². The zero-order valence-corrected chi connectivity index (χ0v) is 12.1. The molecule has 1 aromatic rings. The van der Waals surface area contributed by atoms with Gasteiger partial charge >= 0.3 is 0 Å². The zero-order valence-electron chi connectivity index (χ0n) is 9.73. The Morgan fingerprint density at radius 3 is 2.72 bits per heavy atom. The van der Waals surface area contributed by atoms with E-state index in [1.54, 1.807) is 0 Å². The number of rotatable bonds is 6. The summed E-state index contributed by atoms with van der Waals surface area (Å²) in [5, 5.41) is 9.58. The summed E-state index contributed by atoms with van der Waals surface area (Å²) in [4.78, 5) is 3.58. The molecule has 1 atom stereocenters. The van der Waals surface area contributed by atoms with E-state index in [4.69, 9.17) is 23.2 Å². The van der Waals surface area contributed by atoms with Gasteiger partial charge in [-0.2, -0.15) is 0 Å². The largest absolute Gasteiger partial charge is 0.392 e. The Morgan fingerprint density at radius 2 is 2.17 bits per heavy atom. The summed E-state index contributed by atoms with van der Waals surface area (Å²) in [6.07, 6.45) is 1.71. The molecule has 1 rings (SSSR count). The lowest BCUT2D eigenvalue weighted by Gasteiger charge is -2.11. The fraction of sp³-hybridized carbons (Fsp3) is 0.500. The highest BCUT2D eigenvalue weighted by Gasteiger charge is 2.17. The van der Waals surface area contributed by atoms with Gasteiger partial charge in [-0.25, -0.2) is 18.1 Å².